The van der Waals surface area contributed by atoms with Gasteiger partial charge in [-0.1, -0.05) is 37.3 Å². The second kappa shape index (κ2) is 16.6. The van der Waals surface area contributed by atoms with Gasteiger partial charge in [-0.15, -0.1) is 0 Å². The van der Waals surface area contributed by atoms with Gasteiger partial charge in [-0.05, 0) is 78.1 Å². The van der Waals surface area contributed by atoms with E-state index < -0.39 is 47.9 Å². The first kappa shape index (κ1) is 37.8. The van der Waals surface area contributed by atoms with E-state index in [1.54, 1.807) is 55.6 Å². The van der Waals surface area contributed by atoms with Crippen LogP contribution in [-0.4, -0.2) is 85.0 Å². The minimum atomic E-state index is -0.918. The van der Waals surface area contributed by atoms with E-state index in [1.807, 2.05) is 53.7 Å². The number of carbonyl (C=O) groups excluding carboxylic acids is 2. The highest BCUT2D eigenvalue weighted by atomic mass is 16.8. The van der Waals surface area contributed by atoms with Gasteiger partial charge in [-0.2, -0.15) is 0 Å². The Morgan fingerprint density at radius 3 is 2.59 bits per heavy atom. The van der Waals surface area contributed by atoms with Crippen LogP contribution in [0.15, 0.2) is 54.8 Å². The highest BCUT2D eigenvalue weighted by Gasteiger charge is 2.43. The fourth-order valence-corrected chi connectivity index (χ4v) is 5.38. The average molecular weight is 683 g/mol. The van der Waals surface area contributed by atoms with Crippen molar-refractivity contribution < 1.29 is 47.9 Å². The van der Waals surface area contributed by atoms with Crippen molar-refractivity contribution in [1.82, 2.24) is 4.98 Å². The van der Waals surface area contributed by atoms with Crippen LogP contribution >= 0.6 is 0 Å². The van der Waals surface area contributed by atoms with Crippen LogP contribution in [0.4, 0.5) is 10.6 Å². The lowest BCUT2D eigenvalue weighted by molar-refractivity contribution is -0.152. The summed E-state index contributed by atoms with van der Waals surface area (Å²) in [6.07, 6.45) is 6.59. The number of hydrogen-bond acceptors (Lipinski definition) is 11. The van der Waals surface area contributed by atoms with E-state index in [0.29, 0.717) is 30.0 Å². The Morgan fingerprint density at radius 2 is 1.90 bits per heavy atom. The van der Waals surface area contributed by atoms with Crippen molar-refractivity contribution in [3.8, 4) is 11.5 Å². The number of hydrogen-bond donors (Lipinski definition) is 1. The topological polar surface area (TPSA) is 135 Å². The van der Waals surface area contributed by atoms with Crippen LogP contribution in [-0.2, 0) is 23.7 Å². The summed E-state index contributed by atoms with van der Waals surface area (Å²) in [7, 11) is 1.49. The lowest BCUT2D eigenvalue weighted by Gasteiger charge is -2.26. The molecule has 0 radical (unpaired) electrons. The number of anilines is 1. The Balaban J connectivity index is 1.61. The molecule has 0 bridgehead atoms. The number of aliphatic hydroxyl groups is 1. The Labute approximate surface area is 288 Å². The van der Waals surface area contributed by atoms with Crippen molar-refractivity contribution in [2.24, 2.45) is 5.92 Å². The molecule has 2 aliphatic heterocycles. The van der Waals surface area contributed by atoms with Crippen LogP contribution < -0.4 is 14.4 Å². The fourth-order valence-electron chi connectivity index (χ4n) is 5.38. The van der Waals surface area contributed by atoms with Crippen LogP contribution in [0.5, 0.6) is 11.5 Å². The number of amides is 1. The first-order chi connectivity index (χ1) is 23.2. The largest absolute Gasteiger partial charge is 0.493 e. The van der Waals surface area contributed by atoms with Crippen molar-refractivity contribution in [3.05, 3.63) is 65.9 Å². The number of esters is 1. The summed E-state index contributed by atoms with van der Waals surface area (Å²) in [5.41, 5.74) is 0.0382. The van der Waals surface area contributed by atoms with E-state index in [0.717, 1.165) is 0 Å². The van der Waals surface area contributed by atoms with Gasteiger partial charge in [0.15, 0.2) is 12.6 Å². The average Bonchev–Trinajstić information content (AvgIpc) is 3.35. The van der Waals surface area contributed by atoms with Crippen molar-refractivity contribution >= 4 is 24.0 Å². The predicted octanol–water partition coefficient (Wildman–Crippen LogP) is 6.31. The standard InChI is InChI=1S/C37H50N2O10/c1-24-16-17-28(40)33-29(47-37(6,7)48-33)14-11-13-26-21-27(22-30(45-23-43-8)32(26)34(41)46-25(24)2)44-20-12-19-39(31-15-9-10-18-38-31)35(42)49-36(3,4)5/h9-11,13,15-18,21-22,24-25,28-29,33,40H,12,14,19-20,23H2,1-8H3/t24-,25?,28?,29+,33-/m1/s1. The summed E-state index contributed by atoms with van der Waals surface area (Å²) < 4.78 is 40.9. The van der Waals surface area contributed by atoms with Gasteiger partial charge >= 0.3 is 12.1 Å². The molecular formula is C37H50N2O10. The molecule has 2 unspecified atom stereocenters. The highest BCUT2D eigenvalue weighted by molar-refractivity contribution is 5.97. The molecule has 0 saturated carbocycles. The number of ether oxygens (including phenoxy) is 7. The van der Waals surface area contributed by atoms with Crippen molar-refractivity contribution in [1.29, 1.82) is 0 Å². The number of benzene rings is 1. The number of rotatable bonds is 9. The number of nitrogens with zero attached hydrogens (tertiary/aromatic N) is 2. The molecule has 1 N–H and O–H groups in total. The molecule has 1 amide bonds. The molecule has 268 valence electrons. The zero-order valence-corrected chi connectivity index (χ0v) is 29.7. The smallest absolute Gasteiger partial charge is 0.416 e. The summed E-state index contributed by atoms with van der Waals surface area (Å²) >= 11 is 0. The number of methoxy groups -OCH3 is 1. The van der Waals surface area contributed by atoms with Crippen LogP contribution in [0.3, 0.4) is 0 Å². The minimum Gasteiger partial charge on any atom is -0.493 e. The van der Waals surface area contributed by atoms with Crippen molar-refractivity contribution in [3.63, 3.8) is 0 Å². The Bertz CT molecular complexity index is 1470. The Hall–Kier alpha value is -3.97. The third-order valence-electron chi connectivity index (χ3n) is 7.85. The molecule has 5 atom stereocenters. The number of cyclic esters (lactones) is 1. The molecule has 0 aliphatic carbocycles. The first-order valence-electron chi connectivity index (χ1n) is 16.6. The maximum absolute atomic E-state index is 13.7. The predicted molar refractivity (Wildman–Crippen MR) is 184 cm³/mol. The third kappa shape index (κ3) is 10.8. The number of pyridine rings is 1. The number of carbonyl (C=O) groups is 2. The van der Waals surface area contributed by atoms with Crippen LogP contribution in [0.25, 0.3) is 6.08 Å². The summed E-state index contributed by atoms with van der Waals surface area (Å²) in [4.78, 5) is 32.5. The van der Waals surface area contributed by atoms with Gasteiger partial charge < -0.3 is 38.3 Å². The Morgan fingerprint density at radius 1 is 1.12 bits per heavy atom. The van der Waals surface area contributed by atoms with Crippen molar-refractivity contribution in [2.75, 3.05) is 32.0 Å². The minimum absolute atomic E-state index is 0.113. The highest BCUT2D eigenvalue weighted by Crippen LogP contribution is 2.35. The molecule has 0 spiro atoms. The van der Waals surface area contributed by atoms with Gasteiger partial charge in [0.25, 0.3) is 0 Å². The van der Waals surface area contributed by atoms with Gasteiger partial charge in [0, 0.05) is 31.8 Å². The summed E-state index contributed by atoms with van der Waals surface area (Å²) in [5, 5.41) is 11.0. The van der Waals surface area contributed by atoms with Crippen LogP contribution in [0, 0.1) is 5.92 Å². The van der Waals surface area contributed by atoms with E-state index in [1.165, 1.54) is 12.0 Å². The van der Waals surface area contributed by atoms with E-state index >= 15 is 0 Å². The quantitative estimate of drug-likeness (QED) is 0.138. The molecule has 1 aromatic carbocycles. The van der Waals surface area contributed by atoms with Crippen LogP contribution in [0.1, 0.15) is 77.2 Å². The molecule has 2 aromatic rings. The fraction of sp³-hybridized carbons (Fsp3) is 0.541. The summed E-state index contributed by atoms with van der Waals surface area (Å²) in [6, 6.07) is 8.68. The SMILES string of the molecule is COCOc1cc(OCCCN(C(=O)OC(C)(C)C)c2ccccn2)cc2c1C(=O)OC(C)[C@H](C)C=CC(O)[C@H]1OC(C)(C)O[C@H]1CC=C2. The molecule has 1 aromatic heterocycles. The molecule has 3 heterocycles. The molecule has 4 rings (SSSR count). The van der Waals surface area contributed by atoms with E-state index in [4.69, 9.17) is 33.2 Å². The maximum atomic E-state index is 13.7. The molecular weight excluding hydrogens is 632 g/mol. The van der Waals surface area contributed by atoms with Gasteiger partial charge in [0.2, 0.25) is 0 Å². The van der Waals surface area contributed by atoms with Gasteiger partial charge in [-0.25, -0.2) is 14.6 Å². The molecule has 1 saturated heterocycles. The van der Waals surface area contributed by atoms with E-state index in [-0.39, 0.29) is 37.2 Å². The zero-order chi connectivity index (χ0) is 35.8. The summed E-state index contributed by atoms with van der Waals surface area (Å²) in [5.74, 6) is -0.540. The molecule has 12 nitrogen and oxygen atoms in total. The van der Waals surface area contributed by atoms with Crippen LogP contribution in [0.2, 0.25) is 0 Å². The molecule has 12 heteroatoms. The molecule has 1 fully saturated rings. The monoisotopic (exact) mass is 682 g/mol. The van der Waals surface area contributed by atoms with Gasteiger partial charge in [-0.3, -0.25) is 4.90 Å². The lowest BCUT2D eigenvalue weighted by atomic mass is 9.99. The normalized spacial score (nSPS) is 23.9. The lowest BCUT2D eigenvalue weighted by Crippen LogP contribution is -2.38. The zero-order valence-electron chi connectivity index (χ0n) is 29.7. The summed E-state index contributed by atoms with van der Waals surface area (Å²) in [6.45, 7) is 13.1. The second-order valence-electron chi connectivity index (χ2n) is 13.6. The maximum Gasteiger partial charge on any atom is 0.416 e. The second-order valence-corrected chi connectivity index (χ2v) is 13.6. The van der Waals surface area contributed by atoms with E-state index in [2.05, 4.69) is 4.98 Å². The van der Waals surface area contributed by atoms with E-state index in [9.17, 15) is 14.7 Å². The first-order valence-corrected chi connectivity index (χ1v) is 16.6. The van der Waals surface area contributed by atoms with Gasteiger partial charge in [0.05, 0.1) is 12.7 Å². The molecule has 2 aliphatic rings. The number of fused-ring (bicyclic) bond motifs is 2. The Kier molecular flexibility index (Phi) is 12.8. The van der Waals surface area contributed by atoms with Crippen molar-refractivity contribution in [2.45, 2.75) is 97.1 Å². The number of aliphatic hydroxyl groups excluding tert-OH is 1. The third-order valence-corrected chi connectivity index (χ3v) is 7.85. The number of aromatic nitrogens is 1. The molecule has 49 heavy (non-hydrogen) atoms. The van der Waals surface area contributed by atoms with Gasteiger partial charge in [0.1, 0.15) is 46.8 Å².